The van der Waals surface area contributed by atoms with E-state index in [2.05, 4.69) is 0 Å². The number of nitrogen functional groups attached to an aromatic ring is 2. The van der Waals surface area contributed by atoms with E-state index in [1.807, 2.05) is 24.3 Å². The predicted octanol–water partition coefficient (Wildman–Crippen LogP) is 18.7. The lowest BCUT2D eigenvalue weighted by Gasteiger charge is -2.83. The van der Waals surface area contributed by atoms with Crippen molar-refractivity contribution in [2.75, 3.05) is 11.5 Å². The molecule has 88 heavy (non-hydrogen) atoms. The van der Waals surface area contributed by atoms with Gasteiger partial charge in [-0.2, -0.15) is 0 Å². The first kappa shape index (κ1) is 52.6. The molecule has 0 radical (unpaired) electrons. The van der Waals surface area contributed by atoms with Crippen LogP contribution in [0.25, 0.3) is 0 Å². The molecule has 17 atom stereocenters. The lowest BCUT2D eigenvalue weighted by molar-refractivity contribution is -0.389. The molecule has 0 heterocycles. The second-order valence-electron chi connectivity index (χ2n) is 40.7. The van der Waals surface area contributed by atoms with Crippen LogP contribution in [0.4, 0.5) is 11.4 Å². The van der Waals surface area contributed by atoms with Gasteiger partial charge in [0.2, 0.25) is 0 Å². The Hall–Kier alpha value is -2.76. The van der Waals surface area contributed by atoms with Crippen LogP contribution in [-0.4, -0.2) is 16.0 Å². The lowest BCUT2D eigenvalue weighted by atomic mass is 9.21. The van der Waals surface area contributed by atoms with E-state index in [4.69, 9.17) is 20.9 Å². The molecule has 0 spiro atoms. The van der Waals surface area contributed by atoms with Crippen molar-refractivity contribution < 1.29 is 19.7 Å². The minimum atomic E-state index is -0.921. The number of aromatic hydroxyl groups is 2. The summed E-state index contributed by atoms with van der Waals surface area (Å²) < 4.78 is 16.4. The molecule has 0 aliphatic heterocycles. The third kappa shape index (κ3) is 6.42. The minimum Gasteiger partial charge on any atom is -0.506 e. The summed E-state index contributed by atoms with van der Waals surface area (Å²) in [4.78, 5) is 0. The molecule has 6 N–H and O–H groups in total. The molecule has 6 heteroatoms. The van der Waals surface area contributed by atoms with Crippen LogP contribution in [0.1, 0.15) is 231 Å². The standard InChI is InChI=1S/C82H110N2O4/c83-66-26-64(1-3-68(66)85)87-82(88-65-2-4-69(86)67(84)27-65)63-24-56-13-57(25-63)42-81(82,41-56)80-39-54-12-55(40-80)23-62(22-54)74(80)79-37-52-11-53(38-79)21-61(20-52)73(79)78-35-50-10-51(36-78)19-60(18-50)72(78)77-33-48-9-49(34-77)17-59(16-48)71(77)76-31-46-8-47(32-76)15-58(14-46)70(76)75-28-43-5-44(29-75)7-45(6-43)30-75/h1-4,26-27,43-63,70-74,85-86H,5-25,28-42,83-84H2. The van der Waals surface area contributed by atoms with Crippen molar-refractivity contribution in [1.82, 2.24) is 0 Å². The molecule has 472 valence electrons. The number of phenols is 2. The summed E-state index contributed by atoms with van der Waals surface area (Å²) in [6, 6.07) is 11.5. The Morgan fingerprint density at radius 3 is 0.943 bits per heavy atom. The molecule has 28 fully saturated rings. The highest BCUT2D eigenvalue weighted by atomic mass is 16.7. The molecular weight excluding hydrogens is 1080 g/mol. The zero-order valence-electron chi connectivity index (χ0n) is 53.8. The van der Waals surface area contributed by atoms with Gasteiger partial charge in [0.05, 0.1) is 16.8 Å². The van der Waals surface area contributed by atoms with Crippen molar-refractivity contribution in [2.24, 2.45) is 192 Å². The molecular formula is C82H110N2O4. The largest absolute Gasteiger partial charge is 0.506 e. The van der Waals surface area contributed by atoms with Gasteiger partial charge in [-0.25, -0.2) is 0 Å². The van der Waals surface area contributed by atoms with E-state index in [1.165, 1.54) is 57.8 Å². The second-order valence-corrected chi connectivity index (χ2v) is 40.7. The molecule has 28 saturated carbocycles. The van der Waals surface area contributed by atoms with Crippen LogP contribution in [-0.2, 0) is 0 Å². The van der Waals surface area contributed by atoms with Crippen LogP contribution >= 0.6 is 0 Å². The summed E-state index contributed by atoms with van der Waals surface area (Å²) in [7, 11) is 0. The van der Waals surface area contributed by atoms with Crippen LogP contribution in [0.3, 0.4) is 0 Å². The van der Waals surface area contributed by atoms with E-state index in [-0.39, 0.29) is 28.2 Å². The van der Waals surface area contributed by atoms with Crippen LogP contribution in [0, 0.1) is 192 Å². The molecule has 28 aliphatic carbocycles. The molecule has 2 aromatic carbocycles. The SMILES string of the molecule is Nc1cc(OC2(Oc3ccc(O)c(N)c3)C3CC4CC(C3)CC2(C23CC5CC(CC(C5)C2C25CC6CC(CC(C6)C2C26CC7CC(CC(C7)C2C27CC8CC(CC(C8)C2C28CC9CC(CC(C9)C2C29CC%10CC(CC(C%10)C2)C9)C8)C7)C6)C5)C3)C4)ccc1O. The zero-order valence-corrected chi connectivity index (χ0v) is 53.8. The highest BCUT2D eigenvalue weighted by molar-refractivity contribution is 5.57. The van der Waals surface area contributed by atoms with Crippen LogP contribution in [0.2, 0.25) is 0 Å². The van der Waals surface area contributed by atoms with E-state index < -0.39 is 5.79 Å². The van der Waals surface area contributed by atoms with Gasteiger partial charge in [-0.15, -0.1) is 0 Å². The summed E-state index contributed by atoms with van der Waals surface area (Å²) in [5, 5.41) is 22.1. The van der Waals surface area contributed by atoms with E-state index in [0.717, 1.165) is 160 Å². The maximum absolute atomic E-state index is 11.1. The number of hydrogen-bond acceptors (Lipinski definition) is 6. The highest BCUT2D eigenvalue weighted by Gasteiger charge is 2.85. The zero-order chi connectivity index (χ0) is 57.6. The Labute approximate surface area is 527 Å². The van der Waals surface area contributed by atoms with Gasteiger partial charge in [0.25, 0.3) is 5.79 Å². The maximum Gasteiger partial charge on any atom is 0.260 e. The Morgan fingerprint density at radius 2 is 0.591 bits per heavy atom. The molecule has 28 aliphatic rings. The lowest BCUT2D eigenvalue weighted by Crippen LogP contribution is -2.80. The molecule has 6 nitrogen and oxygen atoms in total. The first-order valence-corrected chi connectivity index (χ1v) is 39.2. The van der Waals surface area contributed by atoms with E-state index in [9.17, 15) is 10.2 Å². The number of nitrogens with two attached hydrogens (primary N) is 2. The van der Waals surface area contributed by atoms with Gasteiger partial charge in [-0.3, -0.25) is 0 Å². The average molecular weight is 1190 g/mol. The van der Waals surface area contributed by atoms with Crippen LogP contribution in [0.15, 0.2) is 36.4 Å². The fourth-order valence-corrected chi connectivity index (χ4v) is 39.4. The number of ether oxygens (including phenoxy) is 2. The summed E-state index contributed by atoms with van der Waals surface area (Å²) in [6.07, 6.45) is 55.8. The highest BCUT2D eigenvalue weighted by Crippen LogP contribution is 2.90. The van der Waals surface area contributed by atoms with Gasteiger partial charge in [0, 0.05) is 18.1 Å². The van der Waals surface area contributed by atoms with E-state index in [0.29, 0.717) is 50.3 Å². The Kier molecular flexibility index (Phi) is 10.2. The monoisotopic (exact) mass is 1190 g/mol. The second kappa shape index (κ2) is 17.0. The normalized spacial score (nSPS) is 60.1. The first-order chi connectivity index (χ1) is 42.7. The quantitative estimate of drug-likeness (QED) is 0.107. The van der Waals surface area contributed by atoms with Crippen molar-refractivity contribution in [1.29, 1.82) is 0 Å². The maximum atomic E-state index is 11.1. The van der Waals surface area contributed by atoms with Crippen LogP contribution in [0.5, 0.6) is 23.0 Å². The third-order valence-corrected chi connectivity index (χ3v) is 36.9. The number of hydrogen-bond donors (Lipinski definition) is 4. The molecule has 0 aromatic heterocycles. The molecule has 30 rings (SSSR count). The first-order valence-electron chi connectivity index (χ1n) is 39.2. The predicted molar refractivity (Wildman–Crippen MR) is 343 cm³/mol. The van der Waals surface area contributed by atoms with Gasteiger partial charge >= 0.3 is 0 Å². The van der Waals surface area contributed by atoms with Gasteiger partial charge < -0.3 is 31.2 Å². The van der Waals surface area contributed by atoms with E-state index in [1.54, 1.807) is 173 Å². The average Bonchev–Trinajstić information content (AvgIpc) is 0.649. The van der Waals surface area contributed by atoms with Crippen molar-refractivity contribution in [3.05, 3.63) is 36.4 Å². The van der Waals surface area contributed by atoms with Gasteiger partial charge in [-0.1, -0.05) is 0 Å². The van der Waals surface area contributed by atoms with Crippen molar-refractivity contribution >= 4 is 11.4 Å². The smallest absolute Gasteiger partial charge is 0.260 e. The number of benzene rings is 2. The topological polar surface area (TPSA) is 111 Å². The Bertz CT molecular complexity index is 3110. The fourth-order valence-electron chi connectivity index (χ4n) is 39.4. The number of rotatable bonds is 10. The summed E-state index contributed by atoms with van der Waals surface area (Å²) in [5.41, 5.74) is 17.0. The molecule has 28 bridgehead atoms. The van der Waals surface area contributed by atoms with Crippen molar-refractivity contribution in [3.8, 4) is 23.0 Å². The van der Waals surface area contributed by atoms with Gasteiger partial charge in [0.1, 0.15) is 23.0 Å². The summed E-state index contributed by atoms with van der Waals surface area (Å²) in [5.74, 6) is 24.8. The minimum absolute atomic E-state index is 0.123. The molecule has 2 aromatic rings. The van der Waals surface area contributed by atoms with Crippen molar-refractivity contribution in [2.45, 2.75) is 237 Å². The Morgan fingerprint density at radius 1 is 0.307 bits per heavy atom. The summed E-state index contributed by atoms with van der Waals surface area (Å²) >= 11 is 0. The third-order valence-electron chi connectivity index (χ3n) is 36.9. The molecule has 0 saturated heterocycles. The number of anilines is 2. The molecule has 0 amide bonds. The van der Waals surface area contributed by atoms with E-state index >= 15 is 0 Å². The fraction of sp³-hybridized carbons (Fsp3) is 0.854. The summed E-state index contributed by atoms with van der Waals surface area (Å²) in [6.45, 7) is 0. The van der Waals surface area contributed by atoms with Crippen molar-refractivity contribution in [3.63, 3.8) is 0 Å². The van der Waals surface area contributed by atoms with Gasteiger partial charge in [0.15, 0.2) is 0 Å². The van der Waals surface area contributed by atoms with Crippen LogP contribution < -0.4 is 20.9 Å². The molecule has 17 unspecified atom stereocenters. The number of phenolic OH excluding ortho intramolecular Hbond substituents is 2. The Balaban J connectivity index is 0.730. The van der Waals surface area contributed by atoms with Gasteiger partial charge in [-0.05, 0) is 436 Å².